The number of imidazole rings is 1. The van der Waals surface area contributed by atoms with Crippen molar-refractivity contribution >= 4 is 17.6 Å². The number of halogens is 1. The van der Waals surface area contributed by atoms with Gasteiger partial charge in [0.05, 0.1) is 12.1 Å². The number of aromatic nitrogens is 2. The van der Waals surface area contributed by atoms with E-state index in [2.05, 4.69) is 4.98 Å². The fourth-order valence-corrected chi connectivity index (χ4v) is 1.68. The summed E-state index contributed by atoms with van der Waals surface area (Å²) in [7, 11) is 1.84. The third kappa shape index (κ3) is 2.72. The Morgan fingerprint density at radius 1 is 1.60 bits per heavy atom. The molecule has 0 aliphatic rings. The predicted octanol–water partition coefficient (Wildman–Crippen LogP) is 2.21. The Morgan fingerprint density at radius 3 is 2.60 bits per heavy atom. The van der Waals surface area contributed by atoms with E-state index < -0.39 is 5.97 Å². The van der Waals surface area contributed by atoms with Crippen LogP contribution in [0, 0.1) is 0 Å². The second kappa shape index (κ2) is 4.66. The zero-order valence-corrected chi connectivity index (χ0v) is 9.88. The molecule has 0 aliphatic carbocycles. The van der Waals surface area contributed by atoms with E-state index in [4.69, 9.17) is 16.7 Å². The molecule has 4 nitrogen and oxygen atoms in total. The van der Waals surface area contributed by atoms with Crippen molar-refractivity contribution < 1.29 is 9.90 Å². The third-order valence-corrected chi connectivity index (χ3v) is 2.69. The average molecular weight is 231 g/mol. The molecular formula is C10H15ClN2O2. The van der Waals surface area contributed by atoms with Gasteiger partial charge in [-0.3, -0.25) is 4.79 Å². The van der Waals surface area contributed by atoms with Gasteiger partial charge in [0.2, 0.25) is 0 Å². The minimum atomic E-state index is -0.831. The third-order valence-electron chi connectivity index (χ3n) is 2.22. The van der Waals surface area contributed by atoms with E-state index >= 15 is 0 Å². The number of carboxylic acid groups (broad SMARTS) is 1. The molecule has 84 valence electrons. The summed E-state index contributed by atoms with van der Waals surface area (Å²) < 4.78 is 1.81. The molecule has 0 spiro atoms. The minimum absolute atomic E-state index is 0.0638. The summed E-state index contributed by atoms with van der Waals surface area (Å²) in [5.74, 6) is 0.342. The van der Waals surface area contributed by atoms with Crippen molar-refractivity contribution in [1.82, 2.24) is 9.55 Å². The number of carboxylic acids is 1. The summed E-state index contributed by atoms with van der Waals surface area (Å²) >= 11 is 6.05. The van der Waals surface area contributed by atoms with Gasteiger partial charge < -0.3 is 9.67 Å². The summed E-state index contributed by atoms with van der Waals surface area (Å²) in [5, 5.41) is 9.11. The molecule has 1 aromatic rings. The Morgan fingerprint density at radius 2 is 2.20 bits per heavy atom. The molecule has 0 atom stereocenters. The standard InChI is InChI=1S/C10H15ClN2O2/c1-6(2)10-12-7(4-5-8(14)15)9(11)13(10)3/h6H,4-5H2,1-3H3,(H,14,15). The molecule has 0 fully saturated rings. The second-order valence-corrected chi connectivity index (χ2v) is 4.17. The first-order chi connectivity index (χ1) is 6.93. The van der Waals surface area contributed by atoms with Crippen LogP contribution < -0.4 is 0 Å². The lowest BCUT2D eigenvalue weighted by Gasteiger charge is -2.03. The van der Waals surface area contributed by atoms with Crippen LogP contribution in [0.15, 0.2) is 0 Å². The molecule has 0 amide bonds. The Kier molecular flexibility index (Phi) is 3.74. The number of rotatable bonds is 4. The number of hydrogen-bond donors (Lipinski definition) is 1. The van der Waals surface area contributed by atoms with E-state index in [0.29, 0.717) is 17.3 Å². The van der Waals surface area contributed by atoms with Crippen LogP contribution >= 0.6 is 11.6 Å². The highest BCUT2D eigenvalue weighted by atomic mass is 35.5. The smallest absolute Gasteiger partial charge is 0.303 e. The Bertz CT molecular complexity index is 372. The molecule has 1 heterocycles. The van der Waals surface area contributed by atoms with Gasteiger partial charge in [-0.15, -0.1) is 0 Å². The Balaban J connectivity index is 2.90. The van der Waals surface area contributed by atoms with E-state index in [1.165, 1.54) is 0 Å². The van der Waals surface area contributed by atoms with Gasteiger partial charge in [0, 0.05) is 19.4 Å². The molecular weight excluding hydrogens is 216 g/mol. The molecule has 0 aromatic carbocycles. The van der Waals surface area contributed by atoms with Crippen LogP contribution in [-0.4, -0.2) is 20.6 Å². The van der Waals surface area contributed by atoms with Crippen molar-refractivity contribution in [3.63, 3.8) is 0 Å². The van der Waals surface area contributed by atoms with Gasteiger partial charge in [-0.05, 0) is 0 Å². The fourth-order valence-electron chi connectivity index (χ4n) is 1.45. The molecule has 0 aliphatic heterocycles. The van der Waals surface area contributed by atoms with Gasteiger partial charge in [-0.1, -0.05) is 25.4 Å². The summed E-state index contributed by atoms with van der Waals surface area (Å²) in [4.78, 5) is 14.8. The van der Waals surface area contributed by atoms with Crippen molar-refractivity contribution in [3.05, 3.63) is 16.7 Å². The summed E-state index contributed by atoms with van der Waals surface area (Å²) in [6, 6.07) is 0. The highest BCUT2D eigenvalue weighted by molar-refractivity contribution is 6.30. The van der Waals surface area contributed by atoms with Gasteiger partial charge in [0.1, 0.15) is 11.0 Å². The lowest BCUT2D eigenvalue weighted by atomic mass is 10.2. The van der Waals surface area contributed by atoms with Crippen LogP contribution in [0.2, 0.25) is 5.15 Å². The van der Waals surface area contributed by atoms with E-state index in [9.17, 15) is 4.79 Å². The van der Waals surface area contributed by atoms with Crippen LogP contribution in [0.5, 0.6) is 0 Å². The van der Waals surface area contributed by atoms with Crippen molar-refractivity contribution in [3.8, 4) is 0 Å². The first kappa shape index (κ1) is 12.0. The minimum Gasteiger partial charge on any atom is -0.481 e. The van der Waals surface area contributed by atoms with Crippen LogP contribution in [-0.2, 0) is 18.3 Å². The molecule has 0 saturated carbocycles. The van der Waals surface area contributed by atoms with E-state index in [1.807, 2.05) is 25.5 Å². The number of aryl methyl sites for hydroxylation is 1. The first-order valence-electron chi connectivity index (χ1n) is 4.86. The van der Waals surface area contributed by atoms with E-state index in [1.54, 1.807) is 0 Å². The van der Waals surface area contributed by atoms with Crippen LogP contribution in [0.25, 0.3) is 0 Å². The predicted molar refractivity (Wildman–Crippen MR) is 58.3 cm³/mol. The van der Waals surface area contributed by atoms with Crippen molar-refractivity contribution in [2.24, 2.45) is 7.05 Å². The highest BCUT2D eigenvalue weighted by Crippen LogP contribution is 2.22. The van der Waals surface area contributed by atoms with Crippen molar-refractivity contribution in [1.29, 1.82) is 0 Å². The van der Waals surface area contributed by atoms with Crippen molar-refractivity contribution in [2.45, 2.75) is 32.6 Å². The van der Waals surface area contributed by atoms with Gasteiger partial charge in [-0.2, -0.15) is 0 Å². The largest absolute Gasteiger partial charge is 0.481 e. The summed E-state index contributed by atoms with van der Waals surface area (Å²) in [6.45, 7) is 4.05. The topological polar surface area (TPSA) is 55.1 Å². The van der Waals surface area contributed by atoms with Gasteiger partial charge in [0.15, 0.2) is 0 Å². The number of hydrogen-bond acceptors (Lipinski definition) is 2. The van der Waals surface area contributed by atoms with Gasteiger partial charge in [-0.25, -0.2) is 4.98 Å². The fraction of sp³-hybridized carbons (Fsp3) is 0.600. The summed E-state index contributed by atoms with van der Waals surface area (Å²) in [5.41, 5.74) is 0.672. The van der Waals surface area contributed by atoms with E-state index in [0.717, 1.165) is 5.82 Å². The zero-order chi connectivity index (χ0) is 11.6. The highest BCUT2D eigenvalue weighted by Gasteiger charge is 2.15. The van der Waals surface area contributed by atoms with Crippen LogP contribution in [0.4, 0.5) is 0 Å². The average Bonchev–Trinajstić information content (AvgIpc) is 2.41. The molecule has 0 radical (unpaired) electrons. The second-order valence-electron chi connectivity index (χ2n) is 3.81. The van der Waals surface area contributed by atoms with Gasteiger partial charge >= 0.3 is 5.97 Å². The number of carbonyl (C=O) groups is 1. The van der Waals surface area contributed by atoms with E-state index in [-0.39, 0.29) is 12.3 Å². The molecule has 0 saturated heterocycles. The molecule has 1 rings (SSSR count). The lowest BCUT2D eigenvalue weighted by Crippen LogP contribution is -1.99. The maximum atomic E-state index is 10.4. The van der Waals surface area contributed by atoms with Crippen molar-refractivity contribution in [2.75, 3.05) is 0 Å². The molecule has 0 bridgehead atoms. The SMILES string of the molecule is CC(C)c1nc(CCC(=O)O)c(Cl)n1C. The number of aliphatic carboxylic acids is 1. The number of nitrogens with zero attached hydrogens (tertiary/aromatic N) is 2. The normalized spacial score (nSPS) is 11.0. The van der Waals surface area contributed by atoms with Crippen LogP contribution in [0.1, 0.15) is 37.7 Å². The van der Waals surface area contributed by atoms with Gasteiger partial charge in [0.25, 0.3) is 0 Å². The molecule has 15 heavy (non-hydrogen) atoms. The Hall–Kier alpha value is -1.03. The molecule has 0 unspecified atom stereocenters. The maximum Gasteiger partial charge on any atom is 0.303 e. The molecule has 1 N–H and O–H groups in total. The molecule has 5 heteroatoms. The lowest BCUT2D eigenvalue weighted by molar-refractivity contribution is -0.136. The molecule has 1 aromatic heterocycles. The first-order valence-corrected chi connectivity index (χ1v) is 5.24. The summed E-state index contributed by atoms with van der Waals surface area (Å²) in [6.07, 6.45) is 0.447. The monoisotopic (exact) mass is 230 g/mol. The zero-order valence-electron chi connectivity index (χ0n) is 9.12. The Labute approximate surface area is 93.9 Å². The quantitative estimate of drug-likeness (QED) is 0.863. The van der Waals surface area contributed by atoms with Crippen LogP contribution in [0.3, 0.4) is 0 Å². The maximum absolute atomic E-state index is 10.4.